The first kappa shape index (κ1) is 17.4. The fourth-order valence-corrected chi connectivity index (χ4v) is 2.75. The van der Waals surface area contributed by atoms with Crippen molar-refractivity contribution in [1.82, 2.24) is 25.4 Å². The van der Waals surface area contributed by atoms with Gasteiger partial charge < -0.3 is 10.6 Å². The molecule has 2 heterocycles. The van der Waals surface area contributed by atoms with E-state index in [0.717, 1.165) is 31.0 Å². The number of halogens is 1. The van der Waals surface area contributed by atoms with Gasteiger partial charge in [0.15, 0.2) is 5.82 Å². The zero-order valence-electron chi connectivity index (χ0n) is 12.9. The highest BCUT2D eigenvalue weighted by Crippen LogP contribution is 2.14. The average molecular weight is 336 g/mol. The average Bonchev–Trinajstić information content (AvgIpc) is 3.23. The van der Waals surface area contributed by atoms with E-state index in [1.807, 2.05) is 34.9 Å². The molecule has 0 bridgehead atoms. The minimum absolute atomic E-state index is 0. The molecule has 1 aromatic heterocycles. The second kappa shape index (κ2) is 8.64. The van der Waals surface area contributed by atoms with Gasteiger partial charge in [-0.05, 0) is 44.0 Å². The maximum atomic E-state index is 12.0. The van der Waals surface area contributed by atoms with E-state index in [-0.39, 0.29) is 18.3 Å². The van der Waals surface area contributed by atoms with Gasteiger partial charge in [0.25, 0.3) is 0 Å². The van der Waals surface area contributed by atoms with Crippen LogP contribution < -0.4 is 10.6 Å². The molecule has 1 aromatic carbocycles. The number of rotatable bonds is 6. The number of nitrogens with one attached hydrogen (secondary N) is 2. The monoisotopic (exact) mass is 335 g/mol. The molecule has 2 aromatic rings. The Hall–Kier alpha value is -1.92. The van der Waals surface area contributed by atoms with E-state index in [2.05, 4.69) is 20.8 Å². The van der Waals surface area contributed by atoms with Crippen molar-refractivity contribution in [2.75, 3.05) is 13.1 Å². The lowest BCUT2D eigenvalue weighted by Crippen LogP contribution is -2.25. The third kappa shape index (κ3) is 4.77. The number of nitrogens with zero attached hydrogens (tertiary/aromatic N) is 3. The number of aromatic nitrogens is 3. The largest absolute Gasteiger partial charge is 0.349 e. The van der Waals surface area contributed by atoms with E-state index < -0.39 is 0 Å². The Morgan fingerprint density at radius 3 is 2.91 bits per heavy atom. The molecule has 0 saturated carbocycles. The van der Waals surface area contributed by atoms with E-state index in [1.54, 1.807) is 6.33 Å². The highest BCUT2D eigenvalue weighted by Gasteiger charge is 2.16. The SMILES string of the molecule is Cl.O=C(CCC1CCNC1)NCc1nncn1-c1ccccc1. The second-order valence-corrected chi connectivity index (χ2v) is 5.63. The number of carbonyl (C=O) groups excluding carboxylic acids is 1. The quantitative estimate of drug-likeness (QED) is 0.842. The van der Waals surface area contributed by atoms with Gasteiger partial charge in [0.1, 0.15) is 6.33 Å². The van der Waals surface area contributed by atoms with Crippen LogP contribution >= 0.6 is 12.4 Å². The minimum atomic E-state index is 0. The molecule has 124 valence electrons. The Morgan fingerprint density at radius 2 is 2.17 bits per heavy atom. The Kier molecular flexibility index (Phi) is 6.55. The summed E-state index contributed by atoms with van der Waals surface area (Å²) in [4.78, 5) is 12.0. The molecule has 1 amide bonds. The van der Waals surface area contributed by atoms with Crippen LogP contribution in [0.15, 0.2) is 36.7 Å². The van der Waals surface area contributed by atoms with Gasteiger partial charge in [-0.1, -0.05) is 18.2 Å². The number of para-hydroxylation sites is 1. The van der Waals surface area contributed by atoms with Crippen LogP contribution in [0.2, 0.25) is 0 Å². The highest BCUT2D eigenvalue weighted by molar-refractivity contribution is 5.85. The zero-order chi connectivity index (χ0) is 15.2. The Labute approximate surface area is 142 Å². The number of hydrogen-bond acceptors (Lipinski definition) is 4. The van der Waals surface area contributed by atoms with Crippen molar-refractivity contribution in [3.63, 3.8) is 0 Å². The molecule has 1 fully saturated rings. The van der Waals surface area contributed by atoms with Gasteiger partial charge in [-0.15, -0.1) is 22.6 Å². The summed E-state index contributed by atoms with van der Waals surface area (Å²) in [7, 11) is 0. The number of benzene rings is 1. The summed E-state index contributed by atoms with van der Waals surface area (Å²) in [5.74, 6) is 1.45. The fourth-order valence-electron chi connectivity index (χ4n) is 2.75. The Balaban J connectivity index is 0.00000192. The van der Waals surface area contributed by atoms with Gasteiger partial charge >= 0.3 is 0 Å². The van der Waals surface area contributed by atoms with Gasteiger partial charge in [0.2, 0.25) is 5.91 Å². The second-order valence-electron chi connectivity index (χ2n) is 5.63. The topological polar surface area (TPSA) is 71.8 Å². The maximum absolute atomic E-state index is 12.0. The molecule has 3 rings (SSSR count). The fraction of sp³-hybridized carbons (Fsp3) is 0.438. The zero-order valence-corrected chi connectivity index (χ0v) is 13.8. The number of amides is 1. The minimum Gasteiger partial charge on any atom is -0.349 e. The summed E-state index contributed by atoms with van der Waals surface area (Å²) in [5, 5.41) is 14.3. The predicted octanol–water partition coefficient (Wildman–Crippen LogP) is 1.69. The standard InChI is InChI=1S/C16H21N5O.ClH/c22-16(7-6-13-8-9-17-10-13)18-11-15-20-19-12-21(15)14-4-2-1-3-5-14;/h1-5,12-13,17H,6-11H2,(H,18,22);1H. The van der Waals surface area contributed by atoms with Crippen LogP contribution in [-0.4, -0.2) is 33.8 Å². The molecule has 1 unspecified atom stereocenters. The number of carbonyl (C=O) groups is 1. The van der Waals surface area contributed by atoms with Crippen LogP contribution in [0.25, 0.3) is 5.69 Å². The van der Waals surface area contributed by atoms with E-state index in [9.17, 15) is 4.79 Å². The van der Waals surface area contributed by atoms with Gasteiger partial charge in [-0.25, -0.2) is 0 Å². The molecule has 6 nitrogen and oxygen atoms in total. The molecule has 0 aliphatic carbocycles. The van der Waals surface area contributed by atoms with Crippen LogP contribution in [0.1, 0.15) is 25.1 Å². The lowest BCUT2D eigenvalue weighted by atomic mass is 10.0. The van der Waals surface area contributed by atoms with E-state index in [4.69, 9.17) is 0 Å². The molecule has 0 radical (unpaired) electrons. The van der Waals surface area contributed by atoms with E-state index >= 15 is 0 Å². The van der Waals surface area contributed by atoms with Crippen molar-refractivity contribution in [1.29, 1.82) is 0 Å². The van der Waals surface area contributed by atoms with Gasteiger partial charge in [-0.3, -0.25) is 9.36 Å². The summed E-state index contributed by atoms with van der Waals surface area (Å²) in [6.07, 6.45) is 4.37. The summed E-state index contributed by atoms with van der Waals surface area (Å²) >= 11 is 0. The summed E-state index contributed by atoms with van der Waals surface area (Å²) in [6, 6.07) is 9.87. The van der Waals surface area contributed by atoms with Crippen LogP contribution in [0, 0.1) is 5.92 Å². The molecule has 1 saturated heterocycles. The first-order valence-electron chi connectivity index (χ1n) is 7.74. The van der Waals surface area contributed by atoms with Crippen LogP contribution in [0.3, 0.4) is 0 Å². The third-order valence-electron chi connectivity index (χ3n) is 4.04. The number of hydrogen-bond donors (Lipinski definition) is 2. The van der Waals surface area contributed by atoms with Crippen LogP contribution in [0.5, 0.6) is 0 Å². The van der Waals surface area contributed by atoms with Gasteiger partial charge in [0, 0.05) is 12.1 Å². The Morgan fingerprint density at radius 1 is 1.35 bits per heavy atom. The van der Waals surface area contributed by atoms with Gasteiger partial charge in [-0.2, -0.15) is 0 Å². The first-order chi connectivity index (χ1) is 10.8. The van der Waals surface area contributed by atoms with Crippen molar-refractivity contribution in [3.05, 3.63) is 42.5 Å². The molecule has 0 spiro atoms. The lowest BCUT2D eigenvalue weighted by Gasteiger charge is -2.09. The van der Waals surface area contributed by atoms with Gasteiger partial charge in [0.05, 0.1) is 6.54 Å². The van der Waals surface area contributed by atoms with Crippen LogP contribution in [-0.2, 0) is 11.3 Å². The first-order valence-corrected chi connectivity index (χ1v) is 7.74. The van der Waals surface area contributed by atoms with Crippen molar-refractivity contribution >= 4 is 18.3 Å². The van der Waals surface area contributed by atoms with Crippen molar-refractivity contribution < 1.29 is 4.79 Å². The molecule has 2 N–H and O–H groups in total. The van der Waals surface area contributed by atoms with E-state index in [1.165, 1.54) is 6.42 Å². The normalized spacial score (nSPS) is 16.8. The van der Waals surface area contributed by atoms with Crippen molar-refractivity contribution in [2.24, 2.45) is 5.92 Å². The molecular formula is C16H22ClN5O. The van der Waals surface area contributed by atoms with Crippen molar-refractivity contribution in [2.45, 2.75) is 25.8 Å². The molecule has 1 atom stereocenters. The van der Waals surface area contributed by atoms with Crippen LogP contribution in [0.4, 0.5) is 0 Å². The molecule has 1 aliphatic rings. The Bertz CT molecular complexity index is 610. The lowest BCUT2D eigenvalue weighted by molar-refractivity contribution is -0.121. The summed E-state index contributed by atoms with van der Waals surface area (Å²) in [5.41, 5.74) is 0.994. The summed E-state index contributed by atoms with van der Waals surface area (Å²) in [6.45, 7) is 2.51. The molecule has 1 aliphatic heterocycles. The molecule has 7 heteroatoms. The molecular weight excluding hydrogens is 314 g/mol. The van der Waals surface area contributed by atoms with E-state index in [0.29, 0.717) is 18.9 Å². The highest BCUT2D eigenvalue weighted by atomic mass is 35.5. The maximum Gasteiger partial charge on any atom is 0.220 e. The van der Waals surface area contributed by atoms with Crippen molar-refractivity contribution in [3.8, 4) is 5.69 Å². The summed E-state index contributed by atoms with van der Waals surface area (Å²) < 4.78 is 1.89. The predicted molar refractivity (Wildman–Crippen MR) is 90.7 cm³/mol. The third-order valence-corrected chi connectivity index (χ3v) is 4.04. The smallest absolute Gasteiger partial charge is 0.220 e. The molecule has 23 heavy (non-hydrogen) atoms.